The zero-order valence-electron chi connectivity index (χ0n) is 23.3. The van der Waals surface area contributed by atoms with Gasteiger partial charge in [-0.2, -0.15) is 0 Å². The lowest BCUT2D eigenvalue weighted by Gasteiger charge is -2.48. The van der Waals surface area contributed by atoms with Crippen molar-refractivity contribution >= 4 is 17.3 Å². The van der Waals surface area contributed by atoms with Gasteiger partial charge in [0.1, 0.15) is 78.3 Å². The fourth-order valence-electron chi connectivity index (χ4n) is 5.15. The van der Waals surface area contributed by atoms with Gasteiger partial charge < -0.3 is 79.5 Å². The smallest absolute Gasteiger partial charge is 0.288 e. The minimum Gasteiger partial charge on any atom is -0.394 e. The van der Waals surface area contributed by atoms with Crippen molar-refractivity contribution in [1.29, 1.82) is 0 Å². The maximum atomic E-state index is 11.1. The summed E-state index contributed by atoms with van der Waals surface area (Å²) < 4.78 is 32.9. The summed E-state index contributed by atoms with van der Waals surface area (Å²) >= 11 is 5.80. The first-order valence-corrected chi connectivity index (χ1v) is 14.1. The number of hydrogen-bond donors (Lipinski definition) is 10. The summed E-state index contributed by atoms with van der Waals surface area (Å²) in [5.41, 5.74) is -0.113. The molecule has 3 aliphatic heterocycles. The molecular weight excluding hydrogens is 638 g/mol. The number of aliphatic hydroxyl groups is 10. The van der Waals surface area contributed by atoms with Crippen LogP contribution in [0.2, 0.25) is 5.02 Å². The summed E-state index contributed by atoms with van der Waals surface area (Å²) in [6.45, 7) is -2.77. The van der Waals surface area contributed by atoms with E-state index in [4.69, 9.17) is 40.0 Å². The Kier molecular flexibility index (Phi) is 12.4. The van der Waals surface area contributed by atoms with Gasteiger partial charge in [0, 0.05) is 6.07 Å². The Morgan fingerprint density at radius 3 is 1.67 bits per heavy atom. The van der Waals surface area contributed by atoms with E-state index < -0.39 is 117 Å². The molecule has 3 fully saturated rings. The molecule has 3 aliphatic rings. The first kappa shape index (κ1) is 36.1. The lowest BCUT2D eigenvalue weighted by atomic mass is 9.96. The van der Waals surface area contributed by atoms with Crippen LogP contribution < -0.4 is 0 Å². The quantitative estimate of drug-likeness (QED) is 0.0778. The average molecular weight is 674 g/mol. The first-order chi connectivity index (χ1) is 21.3. The number of hydrogen-bond acceptors (Lipinski definition) is 18. The van der Waals surface area contributed by atoms with Gasteiger partial charge in [-0.1, -0.05) is 17.7 Å². The summed E-state index contributed by atoms with van der Waals surface area (Å²) in [5, 5.41) is 114. The Hall–Kier alpha value is -1.73. The number of nitrogens with zero attached hydrogens (tertiary/aromatic N) is 1. The monoisotopic (exact) mass is 673 g/mol. The van der Waals surface area contributed by atoms with E-state index in [1.54, 1.807) is 0 Å². The third kappa shape index (κ3) is 7.71. The Bertz CT molecular complexity index is 1130. The molecule has 45 heavy (non-hydrogen) atoms. The van der Waals surface area contributed by atoms with Gasteiger partial charge in [-0.15, -0.1) is 0 Å². The Balaban J connectivity index is 1.41. The van der Waals surface area contributed by atoms with Crippen molar-refractivity contribution in [1.82, 2.24) is 0 Å². The predicted octanol–water partition coefficient (Wildman–Crippen LogP) is -4.79. The Morgan fingerprint density at radius 1 is 0.689 bits per heavy atom. The molecule has 15 atom stereocenters. The van der Waals surface area contributed by atoms with Crippen LogP contribution in [-0.4, -0.2) is 168 Å². The molecule has 0 radical (unpaired) electrons. The molecule has 1 aromatic carbocycles. The second-order valence-corrected chi connectivity index (χ2v) is 11.1. The molecule has 3 heterocycles. The van der Waals surface area contributed by atoms with Gasteiger partial charge in [-0.05, 0) is 11.6 Å². The molecule has 3 saturated heterocycles. The van der Waals surface area contributed by atoms with Crippen LogP contribution in [-0.2, 0) is 35.0 Å². The van der Waals surface area contributed by atoms with Crippen molar-refractivity contribution in [2.75, 3.05) is 19.8 Å². The van der Waals surface area contributed by atoms with Crippen LogP contribution in [0.3, 0.4) is 0 Å². The van der Waals surface area contributed by atoms with E-state index in [0.717, 1.165) is 6.07 Å². The van der Waals surface area contributed by atoms with Gasteiger partial charge in [-0.3, -0.25) is 10.1 Å². The Morgan fingerprint density at radius 2 is 1.16 bits per heavy atom. The van der Waals surface area contributed by atoms with E-state index in [0.29, 0.717) is 0 Å². The highest BCUT2D eigenvalue weighted by Crippen LogP contribution is 2.33. The fourth-order valence-corrected chi connectivity index (χ4v) is 5.33. The molecule has 0 amide bonds. The SMILES string of the molecule is O=[N+]([O-])c1cc(COC2OC(CO)C(OC3OC(CO)C(OC4OC(CO)C(O)C(O)C4O)C(O)C3O)C(O)C2O)ccc1Cl. The summed E-state index contributed by atoms with van der Waals surface area (Å²) in [4.78, 5) is 10.4. The standard InChI is InChI=1S/C25H36ClNO18/c26-9-2-1-8(3-10(9)27(38)39)7-40-23-19(36)16(33)21(12(5-29)42-23)45-25-20(37)17(34)22(13(6-30)43-25)44-24-18(35)15(32)14(31)11(4-28)41-24/h1-3,11-25,28-37H,4-7H2. The van der Waals surface area contributed by atoms with E-state index in [1.807, 2.05) is 0 Å². The van der Waals surface area contributed by atoms with Crippen LogP contribution in [0.1, 0.15) is 5.56 Å². The average Bonchev–Trinajstić information content (AvgIpc) is 3.02. The van der Waals surface area contributed by atoms with E-state index in [2.05, 4.69) is 0 Å². The molecule has 0 spiro atoms. The van der Waals surface area contributed by atoms with Gasteiger partial charge in [0.05, 0.1) is 31.4 Å². The van der Waals surface area contributed by atoms with Crippen molar-refractivity contribution in [2.24, 2.45) is 0 Å². The molecule has 19 nitrogen and oxygen atoms in total. The molecule has 20 heteroatoms. The second-order valence-electron chi connectivity index (χ2n) is 10.7. The lowest BCUT2D eigenvalue weighted by Crippen LogP contribution is -2.66. The van der Waals surface area contributed by atoms with Gasteiger partial charge in [0.2, 0.25) is 0 Å². The van der Waals surface area contributed by atoms with Crippen LogP contribution >= 0.6 is 11.6 Å². The topological polar surface area (TPSA) is 301 Å². The largest absolute Gasteiger partial charge is 0.394 e. The minimum absolute atomic E-state index is 0.110. The van der Waals surface area contributed by atoms with Crippen molar-refractivity contribution in [2.45, 2.75) is 98.7 Å². The maximum absolute atomic E-state index is 11.1. The van der Waals surface area contributed by atoms with Crippen molar-refractivity contribution in [3.8, 4) is 0 Å². The third-order valence-electron chi connectivity index (χ3n) is 7.69. The van der Waals surface area contributed by atoms with Crippen molar-refractivity contribution in [3.05, 3.63) is 38.9 Å². The molecule has 256 valence electrons. The molecule has 15 unspecified atom stereocenters. The number of halogens is 1. The third-order valence-corrected chi connectivity index (χ3v) is 8.01. The number of rotatable bonds is 11. The van der Waals surface area contributed by atoms with Crippen LogP contribution in [0.15, 0.2) is 18.2 Å². The van der Waals surface area contributed by atoms with Crippen LogP contribution in [0.25, 0.3) is 0 Å². The number of nitro groups is 1. The predicted molar refractivity (Wildman–Crippen MR) is 142 cm³/mol. The minimum atomic E-state index is -1.97. The number of aliphatic hydroxyl groups excluding tert-OH is 10. The van der Waals surface area contributed by atoms with Crippen molar-refractivity contribution in [3.63, 3.8) is 0 Å². The number of benzene rings is 1. The lowest BCUT2D eigenvalue weighted by molar-refractivity contribution is -0.384. The fraction of sp³-hybridized carbons (Fsp3) is 0.760. The Labute approximate surface area is 259 Å². The number of ether oxygens (including phenoxy) is 6. The highest BCUT2D eigenvalue weighted by molar-refractivity contribution is 6.32. The zero-order valence-corrected chi connectivity index (χ0v) is 24.0. The molecule has 0 aliphatic carbocycles. The molecule has 0 aromatic heterocycles. The van der Waals surface area contributed by atoms with Gasteiger partial charge >= 0.3 is 0 Å². The van der Waals surface area contributed by atoms with E-state index in [9.17, 15) is 61.2 Å². The maximum Gasteiger partial charge on any atom is 0.288 e. The second kappa shape index (κ2) is 15.4. The van der Waals surface area contributed by atoms with E-state index >= 15 is 0 Å². The summed E-state index contributed by atoms with van der Waals surface area (Å²) in [6, 6.07) is 3.84. The number of nitro benzene ring substituents is 1. The molecule has 1 aromatic rings. The summed E-state index contributed by atoms with van der Waals surface area (Å²) in [6.07, 6.45) is -25.5. The van der Waals surface area contributed by atoms with Crippen LogP contribution in [0.4, 0.5) is 5.69 Å². The van der Waals surface area contributed by atoms with E-state index in [-0.39, 0.29) is 22.9 Å². The highest BCUT2D eigenvalue weighted by Gasteiger charge is 2.53. The molecule has 0 saturated carbocycles. The molecular formula is C25H36ClNO18. The normalized spacial score (nSPS) is 42.4. The molecule has 4 rings (SSSR count). The van der Waals surface area contributed by atoms with Gasteiger partial charge in [0.15, 0.2) is 18.9 Å². The molecule has 0 bridgehead atoms. The zero-order chi connectivity index (χ0) is 33.2. The van der Waals surface area contributed by atoms with Crippen LogP contribution in [0.5, 0.6) is 0 Å². The first-order valence-electron chi connectivity index (χ1n) is 13.7. The summed E-state index contributed by atoms with van der Waals surface area (Å²) in [7, 11) is 0. The van der Waals surface area contributed by atoms with Gasteiger partial charge in [-0.25, -0.2) is 0 Å². The highest BCUT2D eigenvalue weighted by atomic mass is 35.5. The van der Waals surface area contributed by atoms with E-state index in [1.165, 1.54) is 12.1 Å². The van der Waals surface area contributed by atoms with Crippen molar-refractivity contribution < 1.29 is 84.4 Å². The summed E-state index contributed by atoms with van der Waals surface area (Å²) in [5.74, 6) is 0. The van der Waals surface area contributed by atoms with Gasteiger partial charge in [0.25, 0.3) is 5.69 Å². The van der Waals surface area contributed by atoms with Crippen LogP contribution in [0, 0.1) is 10.1 Å². The molecule has 10 N–H and O–H groups in total.